The molecule has 1 aromatic carbocycles. The number of nitrogens with zero attached hydrogens (tertiary/aromatic N) is 1. The molecule has 2 nitrogen and oxygen atoms in total. The molecule has 3 rings (SSSR count). The molecule has 0 radical (unpaired) electrons. The van der Waals surface area contributed by atoms with Gasteiger partial charge in [-0.15, -0.1) is 0 Å². The molecule has 1 N–H and O–H groups in total. The van der Waals surface area contributed by atoms with Gasteiger partial charge in [-0.2, -0.15) is 0 Å². The highest BCUT2D eigenvalue weighted by Crippen LogP contribution is 2.38. The Morgan fingerprint density at radius 2 is 2.05 bits per heavy atom. The molecule has 0 saturated heterocycles. The smallest absolute Gasteiger partial charge is 0.123 e. The highest BCUT2D eigenvalue weighted by Gasteiger charge is 2.30. The van der Waals surface area contributed by atoms with Crippen LogP contribution in [0.25, 0.3) is 0 Å². The summed E-state index contributed by atoms with van der Waals surface area (Å²) in [6.45, 7) is 2.00. The van der Waals surface area contributed by atoms with Crippen LogP contribution in [0.5, 0.6) is 0 Å². The highest BCUT2D eigenvalue weighted by molar-refractivity contribution is 9.10. The summed E-state index contributed by atoms with van der Waals surface area (Å²) in [6, 6.07) is 11.4. The predicted molar refractivity (Wildman–Crippen MR) is 82.5 cm³/mol. The molecule has 0 spiro atoms. The van der Waals surface area contributed by atoms with Crippen molar-refractivity contribution in [2.75, 3.05) is 5.32 Å². The van der Waals surface area contributed by atoms with E-state index >= 15 is 0 Å². The van der Waals surface area contributed by atoms with Gasteiger partial charge in [0.25, 0.3) is 0 Å². The standard InChI is InChI=1S/C16H16BrFN2/c1-10-15(5-6-16(17)19-10)20-14-8-12(9-14)11-3-2-4-13(18)7-11/h2-7,12,14,20H,8-9H2,1H3. The van der Waals surface area contributed by atoms with Crippen LogP contribution in [0.3, 0.4) is 0 Å². The first kappa shape index (κ1) is 13.6. The minimum absolute atomic E-state index is 0.146. The fourth-order valence-electron chi connectivity index (χ4n) is 2.67. The maximum atomic E-state index is 13.2. The molecular formula is C16H16BrFN2. The van der Waals surface area contributed by atoms with Crippen molar-refractivity contribution in [2.45, 2.75) is 31.7 Å². The van der Waals surface area contributed by atoms with Crippen molar-refractivity contribution in [2.24, 2.45) is 0 Å². The first-order chi connectivity index (χ1) is 9.61. The Hall–Kier alpha value is -1.42. The van der Waals surface area contributed by atoms with Crippen molar-refractivity contribution in [3.05, 3.63) is 58.1 Å². The van der Waals surface area contributed by atoms with Gasteiger partial charge in [0.2, 0.25) is 0 Å². The third-order valence-electron chi connectivity index (χ3n) is 3.87. The Kier molecular flexibility index (Phi) is 3.74. The number of pyridine rings is 1. The number of benzene rings is 1. The molecule has 1 fully saturated rings. The second kappa shape index (κ2) is 5.52. The maximum Gasteiger partial charge on any atom is 0.123 e. The number of nitrogens with one attached hydrogen (secondary N) is 1. The molecule has 20 heavy (non-hydrogen) atoms. The number of aromatic nitrogens is 1. The van der Waals surface area contributed by atoms with Gasteiger partial charge in [-0.05, 0) is 71.4 Å². The van der Waals surface area contributed by atoms with Gasteiger partial charge in [-0.1, -0.05) is 12.1 Å². The van der Waals surface area contributed by atoms with Gasteiger partial charge in [0.05, 0.1) is 11.4 Å². The van der Waals surface area contributed by atoms with Crippen molar-refractivity contribution >= 4 is 21.6 Å². The Labute approximate surface area is 126 Å². The van der Waals surface area contributed by atoms with E-state index in [4.69, 9.17) is 0 Å². The van der Waals surface area contributed by atoms with Crippen LogP contribution in [-0.2, 0) is 0 Å². The summed E-state index contributed by atoms with van der Waals surface area (Å²) in [5.41, 5.74) is 3.18. The summed E-state index contributed by atoms with van der Waals surface area (Å²) in [4.78, 5) is 4.38. The summed E-state index contributed by atoms with van der Waals surface area (Å²) >= 11 is 3.37. The molecule has 104 valence electrons. The van der Waals surface area contributed by atoms with Crippen LogP contribution in [0.4, 0.5) is 10.1 Å². The van der Waals surface area contributed by atoms with Gasteiger partial charge in [0.15, 0.2) is 0 Å². The first-order valence-electron chi connectivity index (χ1n) is 6.77. The van der Waals surface area contributed by atoms with Gasteiger partial charge < -0.3 is 5.32 Å². The molecule has 0 aliphatic heterocycles. The van der Waals surface area contributed by atoms with Crippen molar-refractivity contribution < 1.29 is 4.39 Å². The molecular weight excluding hydrogens is 319 g/mol. The fraction of sp³-hybridized carbons (Fsp3) is 0.312. The van der Waals surface area contributed by atoms with E-state index in [0.29, 0.717) is 12.0 Å². The third-order valence-corrected chi connectivity index (χ3v) is 4.31. The maximum absolute atomic E-state index is 13.2. The number of hydrogen-bond donors (Lipinski definition) is 1. The summed E-state index contributed by atoms with van der Waals surface area (Å²) in [5.74, 6) is 0.318. The molecule has 0 unspecified atom stereocenters. The number of halogens is 2. The van der Waals surface area contributed by atoms with Crippen LogP contribution in [0, 0.1) is 12.7 Å². The molecule has 1 heterocycles. The van der Waals surface area contributed by atoms with E-state index < -0.39 is 0 Å². The van der Waals surface area contributed by atoms with E-state index in [1.165, 1.54) is 6.07 Å². The monoisotopic (exact) mass is 334 g/mol. The van der Waals surface area contributed by atoms with E-state index in [1.807, 2.05) is 25.1 Å². The predicted octanol–water partition coefficient (Wildman–Crippen LogP) is 4.65. The Morgan fingerprint density at radius 1 is 1.25 bits per heavy atom. The summed E-state index contributed by atoms with van der Waals surface area (Å²) < 4.78 is 14.0. The minimum Gasteiger partial charge on any atom is -0.381 e. The number of rotatable bonds is 3. The van der Waals surface area contributed by atoms with Gasteiger partial charge in [0, 0.05) is 6.04 Å². The Balaban J connectivity index is 1.61. The lowest BCUT2D eigenvalue weighted by molar-refractivity contribution is 0.373. The van der Waals surface area contributed by atoms with Crippen molar-refractivity contribution in [1.82, 2.24) is 4.98 Å². The van der Waals surface area contributed by atoms with Crippen LogP contribution in [0.15, 0.2) is 41.0 Å². The van der Waals surface area contributed by atoms with Gasteiger partial charge in [-0.25, -0.2) is 9.37 Å². The second-order valence-corrected chi connectivity index (χ2v) is 6.14. The van der Waals surface area contributed by atoms with Gasteiger partial charge >= 0.3 is 0 Å². The third kappa shape index (κ3) is 2.85. The van der Waals surface area contributed by atoms with Crippen LogP contribution in [0.2, 0.25) is 0 Å². The van der Waals surface area contributed by atoms with Crippen molar-refractivity contribution in [3.8, 4) is 0 Å². The Morgan fingerprint density at radius 3 is 2.75 bits per heavy atom. The molecule has 0 bridgehead atoms. The first-order valence-corrected chi connectivity index (χ1v) is 7.56. The van der Waals surface area contributed by atoms with E-state index in [2.05, 4.69) is 26.2 Å². The molecule has 1 aromatic heterocycles. The average molecular weight is 335 g/mol. The zero-order valence-corrected chi connectivity index (χ0v) is 12.8. The number of hydrogen-bond acceptors (Lipinski definition) is 2. The van der Waals surface area contributed by atoms with Crippen LogP contribution >= 0.6 is 15.9 Å². The lowest BCUT2D eigenvalue weighted by atomic mass is 9.76. The molecule has 1 aliphatic carbocycles. The molecule has 1 aliphatic rings. The van der Waals surface area contributed by atoms with Gasteiger partial charge in [0.1, 0.15) is 10.4 Å². The summed E-state index contributed by atoms with van der Waals surface area (Å²) in [5, 5.41) is 3.51. The zero-order chi connectivity index (χ0) is 14.1. The normalized spacial score (nSPS) is 21.4. The van der Waals surface area contributed by atoms with Crippen molar-refractivity contribution in [1.29, 1.82) is 0 Å². The molecule has 2 aromatic rings. The van der Waals surface area contributed by atoms with E-state index in [0.717, 1.165) is 34.4 Å². The Bertz CT molecular complexity index is 624. The van der Waals surface area contributed by atoms with E-state index in [1.54, 1.807) is 12.1 Å². The number of aryl methyl sites for hydroxylation is 1. The summed E-state index contributed by atoms with van der Waals surface area (Å²) in [6.07, 6.45) is 2.08. The fourth-order valence-corrected chi connectivity index (χ4v) is 3.07. The van der Waals surface area contributed by atoms with Crippen molar-refractivity contribution in [3.63, 3.8) is 0 Å². The van der Waals surface area contributed by atoms with Gasteiger partial charge in [-0.3, -0.25) is 0 Å². The largest absolute Gasteiger partial charge is 0.381 e. The molecule has 0 amide bonds. The lowest BCUT2D eigenvalue weighted by Gasteiger charge is -2.37. The zero-order valence-electron chi connectivity index (χ0n) is 11.2. The van der Waals surface area contributed by atoms with Crippen LogP contribution in [-0.4, -0.2) is 11.0 Å². The topological polar surface area (TPSA) is 24.9 Å². The lowest BCUT2D eigenvalue weighted by Crippen LogP contribution is -2.34. The highest BCUT2D eigenvalue weighted by atomic mass is 79.9. The van der Waals surface area contributed by atoms with Crippen LogP contribution < -0.4 is 5.32 Å². The molecule has 4 heteroatoms. The molecule has 1 saturated carbocycles. The van der Waals surface area contributed by atoms with E-state index in [9.17, 15) is 4.39 Å². The summed E-state index contributed by atoms with van der Waals surface area (Å²) in [7, 11) is 0. The quantitative estimate of drug-likeness (QED) is 0.826. The number of anilines is 1. The molecule has 0 atom stereocenters. The second-order valence-electron chi connectivity index (χ2n) is 5.33. The van der Waals surface area contributed by atoms with E-state index in [-0.39, 0.29) is 5.82 Å². The van der Waals surface area contributed by atoms with Crippen LogP contribution in [0.1, 0.15) is 30.0 Å². The minimum atomic E-state index is -0.146. The SMILES string of the molecule is Cc1nc(Br)ccc1NC1CC(c2cccc(F)c2)C1. The average Bonchev–Trinajstić information content (AvgIpc) is 2.35.